The second kappa shape index (κ2) is 7.39. The van der Waals surface area contributed by atoms with Crippen molar-refractivity contribution in [1.29, 1.82) is 0 Å². The standard InChI is InChI=1S/C19H15FN4S2/c1-12-2-4-13(5-3-12)17-22-19(24-23-17)26-11-16-10-25-18(21-16)14-6-8-15(20)9-7-14/h2-10H,11H2,1H3,(H,22,23,24). The average Bonchev–Trinajstić information content (AvgIpc) is 3.31. The summed E-state index contributed by atoms with van der Waals surface area (Å²) < 4.78 is 13.0. The third-order valence-electron chi connectivity index (χ3n) is 3.78. The van der Waals surface area contributed by atoms with E-state index in [1.165, 1.54) is 29.5 Å². The molecule has 0 unspecified atom stereocenters. The number of thioether (sulfide) groups is 1. The number of nitrogens with zero attached hydrogens (tertiary/aromatic N) is 3. The van der Waals surface area contributed by atoms with Gasteiger partial charge in [-0.3, -0.25) is 5.10 Å². The van der Waals surface area contributed by atoms with Gasteiger partial charge in [-0.25, -0.2) is 14.4 Å². The molecule has 2 aromatic carbocycles. The summed E-state index contributed by atoms with van der Waals surface area (Å²) >= 11 is 3.09. The molecule has 4 nitrogen and oxygen atoms in total. The quantitative estimate of drug-likeness (QED) is 0.474. The van der Waals surface area contributed by atoms with Gasteiger partial charge in [0.2, 0.25) is 5.16 Å². The van der Waals surface area contributed by atoms with Crippen LogP contribution in [-0.2, 0) is 5.75 Å². The van der Waals surface area contributed by atoms with Crippen molar-refractivity contribution in [3.63, 3.8) is 0 Å². The second-order valence-electron chi connectivity index (χ2n) is 5.77. The van der Waals surface area contributed by atoms with E-state index in [4.69, 9.17) is 0 Å². The molecule has 0 bridgehead atoms. The number of thiazole rings is 1. The van der Waals surface area contributed by atoms with Crippen molar-refractivity contribution in [3.05, 3.63) is 71.0 Å². The van der Waals surface area contributed by atoms with Crippen molar-refractivity contribution in [2.45, 2.75) is 17.8 Å². The first-order valence-electron chi connectivity index (χ1n) is 8.00. The van der Waals surface area contributed by atoms with Crippen LogP contribution in [0.1, 0.15) is 11.3 Å². The van der Waals surface area contributed by atoms with Gasteiger partial charge in [-0.2, -0.15) is 0 Å². The lowest BCUT2D eigenvalue weighted by atomic mass is 10.1. The molecule has 0 aliphatic heterocycles. The monoisotopic (exact) mass is 382 g/mol. The Kier molecular flexibility index (Phi) is 4.81. The molecule has 2 aromatic heterocycles. The van der Waals surface area contributed by atoms with Crippen LogP contribution in [-0.4, -0.2) is 20.2 Å². The van der Waals surface area contributed by atoms with Gasteiger partial charge in [-0.15, -0.1) is 16.4 Å². The Bertz CT molecular complexity index is 923. The largest absolute Gasteiger partial charge is 0.258 e. The zero-order valence-electron chi connectivity index (χ0n) is 13.9. The number of aromatic amines is 1. The lowest BCUT2D eigenvalue weighted by molar-refractivity contribution is 0.628. The van der Waals surface area contributed by atoms with Crippen LogP contribution in [0.25, 0.3) is 22.0 Å². The molecule has 0 spiro atoms. The Morgan fingerprint density at radius 2 is 1.73 bits per heavy atom. The smallest absolute Gasteiger partial charge is 0.209 e. The number of rotatable bonds is 5. The number of hydrogen-bond donors (Lipinski definition) is 1. The Balaban J connectivity index is 1.42. The molecule has 1 N–H and O–H groups in total. The van der Waals surface area contributed by atoms with Crippen LogP contribution in [0.3, 0.4) is 0 Å². The Morgan fingerprint density at radius 3 is 2.50 bits per heavy atom. The van der Waals surface area contributed by atoms with Crippen LogP contribution in [0.2, 0.25) is 0 Å². The van der Waals surface area contributed by atoms with E-state index in [1.54, 1.807) is 23.5 Å². The van der Waals surface area contributed by atoms with Gasteiger partial charge >= 0.3 is 0 Å². The molecule has 0 aliphatic rings. The number of H-pyrrole nitrogens is 1. The van der Waals surface area contributed by atoms with Gasteiger partial charge in [0, 0.05) is 22.3 Å². The molecule has 0 saturated heterocycles. The van der Waals surface area contributed by atoms with Crippen LogP contribution < -0.4 is 0 Å². The first-order valence-corrected chi connectivity index (χ1v) is 9.86. The molecule has 4 rings (SSSR count). The summed E-state index contributed by atoms with van der Waals surface area (Å²) in [6.45, 7) is 2.06. The minimum absolute atomic E-state index is 0.241. The third kappa shape index (κ3) is 3.84. The molecule has 0 fully saturated rings. The number of aromatic nitrogens is 4. The molecule has 4 aromatic rings. The number of halogens is 1. The zero-order chi connectivity index (χ0) is 17.9. The molecule has 0 atom stereocenters. The first-order chi connectivity index (χ1) is 12.7. The summed E-state index contributed by atoms with van der Waals surface area (Å²) in [6, 6.07) is 14.5. The maximum atomic E-state index is 13.0. The summed E-state index contributed by atoms with van der Waals surface area (Å²) in [5.74, 6) is 1.20. The highest BCUT2D eigenvalue weighted by atomic mass is 32.2. The normalized spacial score (nSPS) is 11.0. The average molecular weight is 382 g/mol. The highest BCUT2D eigenvalue weighted by Gasteiger charge is 2.09. The number of nitrogens with one attached hydrogen (secondary N) is 1. The van der Waals surface area contributed by atoms with Gasteiger partial charge in [0.05, 0.1) is 5.69 Å². The zero-order valence-corrected chi connectivity index (χ0v) is 15.6. The minimum atomic E-state index is -0.241. The molecule has 2 heterocycles. The van der Waals surface area contributed by atoms with E-state index in [-0.39, 0.29) is 5.82 Å². The fraction of sp³-hybridized carbons (Fsp3) is 0.105. The van der Waals surface area contributed by atoms with E-state index in [0.717, 1.165) is 27.7 Å². The number of aryl methyl sites for hydroxylation is 1. The van der Waals surface area contributed by atoms with Gasteiger partial charge in [-0.1, -0.05) is 41.6 Å². The molecule has 0 amide bonds. The van der Waals surface area contributed by atoms with Crippen LogP contribution >= 0.6 is 23.1 Å². The summed E-state index contributed by atoms with van der Waals surface area (Å²) in [5.41, 5.74) is 4.11. The third-order valence-corrected chi connectivity index (χ3v) is 5.60. The van der Waals surface area contributed by atoms with Crippen molar-refractivity contribution in [2.24, 2.45) is 0 Å². The molecule has 7 heteroatoms. The molecule has 130 valence electrons. The Labute approximate surface area is 158 Å². The summed E-state index contributed by atoms with van der Waals surface area (Å²) in [6.07, 6.45) is 0. The Hall–Kier alpha value is -2.51. The minimum Gasteiger partial charge on any atom is -0.258 e. The molecule has 0 aliphatic carbocycles. The van der Waals surface area contributed by atoms with Crippen LogP contribution in [0.4, 0.5) is 4.39 Å². The van der Waals surface area contributed by atoms with E-state index in [0.29, 0.717) is 10.9 Å². The van der Waals surface area contributed by atoms with Gasteiger partial charge in [0.25, 0.3) is 0 Å². The predicted octanol–water partition coefficient (Wildman–Crippen LogP) is 5.34. The van der Waals surface area contributed by atoms with Gasteiger partial charge in [-0.05, 0) is 31.2 Å². The molecular weight excluding hydrogens is 367 g/mol. The highest BCUT2D eigenvalue weighted by Crippen LogP contribution is 2.27. The summed E-state index contributed by atoms with van der Waals surface area (Å²) in [4.78, 5) is 9.14. The lowest BCUT2D eigenvalue weighted by Gasteiger charge is -1.96. The van der Waals surface area contributed by atoms with E-state index in [1.807, 2.05) is 17.5 Å². The molecular formula is C19H15FN4S2. The van der Waals surface area contributed by atoms with Crippen LogP contribution in [0.5, 0.6) is 0 Å². The first kappa shape index (κ1) is 16.9. The van der Waals surface area contributed by atoms with Crippen molar-refractivity contribution in [3.8, 4) is 22.0 Å². The van der Waals surface area contributed by atoms with E-state index >= 15 is 0 Å². The van der Waals surface area contributed by atoms with Gasteiger partial charge in [0.15, 0.2) is 5.82 Å². The lowest BCUT2D eigenvalue weighted by Crippen LogP contribution is -1.84. The van der Waals surface area contributed by atoms with E-state index < -0.39 is 0 Å². The fourth-order valence-corrected chi connectivity index (χ4v) is 4.01. The Morgan fingerprint density at radius 1 is 1.00 bits per heavy atom. The predicted molar refractivity (Wildman–Crippen MR) is 104 cm³/mol. The summed E-state index contributed by atoms with van der Waals surface area (Å²) in [5, 5.41) is 10.8. The maximum Gasteiger partial charge on any atom is 0.209 e. The van der Waals surface area contributed by atoms with Crippen LogP contribution in [0, 0.1) is 12.7 Å². The van der Waals surface area contributed by atoms with Crippen molar-refractivity contribution in [2.75, 3.05) is 0 Å². The molecule has 0 radical (unpaired) electrons. The van der Waals surface area contributed by atoms with Crippen LogP contribution in [0.15, 0.2) is 59.1 Å². The van der Waals surface area contributed by atoms with Gasteiger partial charge in [0.1, 0.15) is 10.8 Å². The molecule has 26 heavy (non-hydrogen) atoms. The van der Waals surface area contributed by atoms with Crippen molar-refractivity contribution >= 4 is 23.1 Å². The highest BCUT2D eigenvalue weighted by molar-refractivity contribution is 7.98. The maximum absolute atomic E-state index is 13.0. The second-order valence-corrected chi connectivity index (χ2v) is 7.57. The fourth-order valence-electron chi connectivity index (χ4n) is 2.39. The van der Waals surface area contributed by atoms with Crippen molar-refractivity contribution in [1.82, 2.24) is 20.2 Å². The molecule has 0 saturated carbocycles. The van der Waals surface area contributed by atoms with E-state index in [9.17, 15) is 4.39 Å². The van der Waals surface area contributed by atoms with E-state index in [2.05, 4.69) is 39.2 Å². The topological polar surface area (TPSA) is 54.5 Å². The summed E-state index contributed by atoms with van der Waals surface area (Å²) in [7, 11) is 0. The number of hydrogen-bond acceptors (Lipinski definition) is 5. The number of benzene rings is 2. The van der Waals surface area contributed by atoms with Crippen molar-refractivity contribution < 1.29 is 4.39 Å². The SMILES string of the molecule is Cc1ccc(-c2nc(SCc3csc(-c4ccc(F)cc4)n3)n[nH]2)cc1. The van der Waals surface area contributed by atoms with Gasteiger partial charge < -0.3 is 0 Å².